The maximum absolute atomic E-state index is 12.5. The molecule has 13 heavy (non-hydrogen) atoms. The van der Waals surface area contributed by atoms with Crippen LogP contribution in [0.5, 0.6) is 0 Å². The Balaban J connectivity index is 4.24. The average Bonchev–Trinajstić information content (AvgIpc) is 1.82. The van der Waals surface area contributed by atoms with Gasteiger partial charge in [-0.2, -0.15) is 8.78 Å². The molecule has 0 aromatic carbocycles. The first kappa shape index (κ1) is 12.3. The Morgan fingerprint density at radius 2 is 1.62 bits per heavy atom. The minimum Gasteiger partial charge on any atom is -0.348 e. The molecule has 1 amide bonds. The van der Waals surface area contributed by atoms with Crippen LogP contribution in [0.15, 0.2) is 0 Å². The Labute approximate surface area is 77.7 Å². The van der Waals surface area contributed by atoms with Crippen LogP contribution in [0.25, 0.3) is 0 Å². The summed E-state index contributed by atoms with van der Waals surface area (Å²) in [6.07, 6.45) is 0. The summed E-state index contributed by atoms with van der Waals surface area (Å²) in [5.41, 5.74) is -0.207. The van der Waals surface area contributed by atoms with Gasteiger partial charge in [-0.1, -0.05) is 20.8 Å². The van der Waals surface area contributed by atoms with E-state index in [1.165, 1.54) is 0 Å². The van der Waals surface area contributed by atoms with Crippen LogP contribution in [-0.2, 0) is 4.79 Å². The fourth-order valence-electron chi connectivity index (χ4n) is 0.540. The highest BCUT2D eigenvalue weighted by Crippen LogP contribution is 2.20. The predicted molar refractivity (Wildman–Crippen MR) is 47.7 cm³/mol. The van der Waals surface area contributed by atoms with Gasteiger partial charge in [0, 0.05) is 13.0 Å². The van der Waals surface area contributed by atoms with Crippen molar-refractivity contribution in [2.75, 3.05) is 0 Å². The maximum Gasteiger partial charge on any atom is 0.321 e. The number of alkyl halides is 2. The molecule has 4 heteroatoms. The van der Waals surface area contributed by atoms with Gasteiger partial charge in [-0.15, -0.1) is 0 Å². The van der Waals surface area contributed by atoms with Crippen molar-refractivity contribution < 1.29 is 13.6 Å². The molecule has 0 radical (unpaired) electrons. The Morgan fingerprint density at radius 1 is 1.23 bits per heavy atom. The molecule has 0 saturated carbocycles. The molecule has 0 aliphatic heterocycles. The smallest absolute Gasteiger partial charge is 0.321 e. The van der Waals surface area contributed by atoms with Gasteiger partial charge in [-0.3, -0.25) is 4.79 Å². The van der Waals surface area contributed by atoms with Gasteiger partial charge in [-0.25, -0.2) is 0 Å². The monoisotopic (exact) mass is 193 g/mol. The van der Waals surface area contributed by atoms with Crippen molar-refractivity contribution in [3.05, 3.63) is 0 Å². The van der Waals surface area contributed by atoms with Gasteiger partial charge in [0.05, 0.1) is 0 Å². The Morgan fingerprint density at radius 3 is 1.85 bits per heavy atom. The van der Waals surface area contributed by atoms with E-state index >= 15 is 0 Å². The minimum atomic E-state index is -3.29. The zero-order chi connectivity index (χ0) is 10.9. The van der Waals surface area contributed by atoms with Crippen molar-refractivity contribution in [2.45, 2.75) is 46.6 Å². The van der Waals surface area contributed by atoms with Gasteiger partial charge < -0.3 is 5.32 Å². The fraction of sp³-hybridized carbons (Fsp3) is 0.889. The van der Waals surface area contributed by atoms with Crippen LogP contribution in [0.1, 0.15) is 34.6 Å². The molecule has 0 fully saturated rings. The first-order valence-corrected chi connectivity index (χ1v) is 4.24. The quantitative estimate of drug-likeness (QED) is 0.715. The molecule has 0 rings (SSSR count). The summed E-state index contributed by atoms with van der Waals surface area (Å²) in [6.45, 7) is 7.95. The molecular formula is C9H17F2NO. The Kier molecular flexibility index (Phi) is 3.41. The van der Waals surface area contributed by atoms with Gasteiger partial charge in [-0.05, 0) is 12.3 Å². The number of halogens is 2. The van der Waals surface area contributed by atoms with Gasteiger partial charge in [0.1, 0.15) is 0 Å². The third-order valence-corrected chi connectivity index (χ3v) is 2.05. The number of carbonyl (C=O) groups is 1. The second-order valence-electron chi connectivity index (χ2n) is 4.45. The molecule has 0 aromatic rings. The maximum atomic E-state index is 12.5. The van der Waals surface area contributed by atoms with E-state index in [1.807, 2.05) is 20.8 Å². The number of hydrogen-bond acceptors (Lipinski definition) is 1. The molecule has 0 aromatic heterocycles. The highest BCUT2D eigenvalue weighted by atomic mass is 19.3. The van der Waals surface area contributed by atoms with Crippen LogP contribution < -0.4 is 5.32 Å². The van der Waals surface area contributed by atoms with Crippen LogP contribution in [0, 0.1) is 5.41 Å². The highest BCUT2D eigenvalue weighted by Gasteiger charge is 2.34. The molecule has 0 spiro atoms. The van der Waals surface area contributed by atoms with E-state index in [1.54, 1.807) is 6.92 Å². The molecule has 0 heterocycles. The van der Waals surface area contributed by atoms with Gasteiger partial charge in [0.25, 0.3) is 5.91 Å². The molecule has 1 N–H and O–H groups in total. The number of nitrogens with one attached hydrogen (secondary N) is 1. The van der Waals surface area contributed by atoms with Crippen LogP contribution >= 0.6 is 0 Å². The standard InChI is InChI=1S/C9H17F2NO/c1-6(8(2,3)4)12-7(13)9(5,10)11/h6H,1-5H3,(H,12,13)/t6-/m0/s1. The number of rotatable bonds is 2. The normalized spacial score (nSPS) is 15.3. The molecule has 0 aliphatic rings. The van der Waals surface area contributed by atoms with E-state index in [4.69, 9.17) is 0 Å². The largest absolute Gasteiger partial charge is 0.348 e. The number of carbonyl (C=O) groups excluding carboxylic acids is 1. The average molecular weight is 193 g/mol. The highest BCUT2D eigenvalue weighted by molar-refractivity contribution is 5.83. The SMILES string of the molecule is C[C@H](NC(=O)C(C)(F)F)C(C)(C)C. The molecule has 0 bridgehead atoms. The lowest BCUT2D eigenvalue weighted by atomic mass is 9.88. The minimum absolute atomic E-state index is 0.207. The van der Waals surface area contributed by atoms with E-state index in [2.05, 4.69) is 5.32 Å². The molecule has 2 nitrogen and oxygen atoms in total. The van der Waals surface area contributed by atoms with Crippen molar-refractivity contribution in [3.8, 4) is 0 Å². The summed E-state index contributed by atoms with van der Waals surface area (Å²) in [4.78, 5) is 10.9. The zero-order valence-corrected chi connectivity index (χ0v) is 8.74. The molecule has 1 atom stereocenters. The van der Waals surface area contributed by atoms with E-state index in [9.17, 15) is 13.6 Å². The topological polar surface area (TPSA) is 29.1 Å². The lowest BCUT2D eigenvalue weighted by Crippen LogP contribution is -2.47. The lowest BCUT2D eigenvalue weighted by molar-refractivity contribution is -0.144. The summed E-state index contributed by atoms with van der Waals surface area (Å²) in [5, 5.41) is 2.27. The van der Waals surface area contributed by atoms with Crippen molar-refractivity contribution in [1.29, 1.82) is 0 Å². The van der Waals surface area contributed by atoms with Gasteiger partial charge >= 0.3 is 5.92 Å². The van der Waals surface area contributed by atoms with Crippen molar-refractivity contribution >= 4 is 5.91 Å². The first-order chi connectivity index (χ1) is 5.55. The summed E-state index contributed by atoms with van der Waals surface area (Å²) in [7, 11) is 0. The second-order valence-corrected chi connectivity index (χ2v) is 4.45. The van der Waals surface area contributed by atoms with E-state index < -0.39 is 11.8 Å². The summed E-state index contributed by atoms with van der Waals surface area (Å²) >= 11 is 0. The van der Waals surface area contributed by atoms with Crippen molar-refractivity contribution in [3.63, 3.8) is 0 Å². The van der Waals surface area contributed by atoms with Crippen LogP contribution in [0.4, 0.5) is 8.78 Å². The second kappa shape index (κ2) is 3.60. The van der Waals surface area contributed by atoms with Gasteiger partial charge in [0.2, 0.25) is 0 Å². The first-order valence-electron chi connectivity index (χ1n) is 4.24. The third kappa shape index (κ3) is 4.20. The van der Waals surface area contributed by atoms with Crippen LogP contribution in [0.2, 0.25) is 0 Å². The molecule has 78 valence electrons. The third-order valence-electron chi connectivity index (χ3n) is 2.05. The summed E-state index contributed by atoms with van der Waals surface area (Å²) in [6, 6.07) is -0.272. The van der Waals surface area contributed by atoms with E-state index in [0.717, 1.165) is 0 Å². The van der Waals surface area contributed by atoms with Crippen LogP contribution in [0.3, 0.4) is 0 Å². The lowest BCUT2D eigenvalue weighted by Gasteiger charge is -2.28. The Hall–Kier alpha value is -0.670. The van der Waals surface area contributed by atoms with E-state index in [-0.39, 0.29) is 11.5 Å². The Bertz CT molecular complexity index is 191. The molecule has 0 aliphatic carbocycles. The summed E-state index contributed by atoms with van der Waals surface area (Å²) < 4.78 is 24.9. The molecule has 0 saturated heterocycles. The number of hydrogen-bond donors (Lipinski definition) is 1. The fourth-order valence-corrected chi connectivity index (χ4v) is 0.540. The van der Waals surface area contributed by atoms with Crippen molar-refractivity contribution in [1.82, 2.24) is 5.32 Å². The molecular weight excluding hydrogens is 176 g/mol. The number of amides is 1. The predicted octanol–water partition coefficient (Wildman–Crippen LogP) is 2.19. The molecule has 0 unspecified atom stereocenters. The van der Waals surface area contributed by atoms with Gasteiger partial charge in [0.15, 0.2) is 0 Å². The van der Waals surface area contributed by atoms with Crippen LogP contribution in [-0.4, -0.2) is 17.9 Å². The van der Waals surface area contributed by atoms with E-state index in [0.29, 0.717) is 6.92 Å². The summed E-state index contributed by atoms with van der Waals surface area (Å²) in [5.74, 6) is -4.51. The van der Waals surface area contributed by atoms with Crippen molar-refractivity contribution in [2.24, 2.45) is 5.41 Å². The zero-order valence-electron chi connectivity index (χ0n) is 8.74.